The maximum absolute atomic E-state index is 12.4. The van der Waals surface area contributed by atoms with Crippen molar-refractivity contribution in [2.24, 2.45) is 0 Å². The Morgan fingerprint density at radius 1 is 1.25 bits per heavy atom. The third-order valence-electron chi connectivity index (χ3n) is 3.99. The van der Waals surface area contributed by atoms with Gasteiger partial charge in [0.25, 0.3) is 11.6 Å². The molecule has 3 rings (SSSR count). The van der Waals surface area contributed by atoms with Crippen LogP contribution in [0.15, 0.2) is 48.7 Å². The summed E-state index contributed by atoms with van der Waals surface area (Å²) in [6.45, 7) is 3.86. The molecule has 1 heterocycles. The van der Waals surface area contributed by atoms with E-state index in [-0.39, 0.29) is 34.8 Å². The number of nitrogens with one attached hydrogen (secondary N) is 1. The molecule has 0 aliphatic carbocycles. The third-order valence-corrected chi connectivity index (χ3v) is 4.29. The Labute approximate surface area is 165 Å². The predicted molar refractivity (Wildman–Crippen MR) is 105 cm³/mol. The SMILES string of the molecule is Cc1ccc(C)c(NC(=O)c2ccn(COc3ccc([N+](=O)[O-])cc3Cl)n2)c1. The van der Waals surface area contributed by atoms with Gasteiger partial charge in [-0.15, -0.1) is 0 Å². The fraction of sp³-hybridized carbons (Fsp3) is 0.158. The van der Waals surface area contributed by atoms with E-state index >= 15 is 0 Å². The zero-order valence-corrected chi connectivity index (χ0v) is 15.9. The Bertz CT molecular complexity index is 1050. The lowest BCUT2D eigenvalue weighted by Crippen LogP contribution is -2.15. The molecule has 0 radical (unpaired) electrons. The second-order valence-corrected chi connectivity index (χ2v) is 6.57. The lowest BCUT2D eigenvalue weighted by Gasteiger charge is -2.09. The molecule has 0 fully saturated rings. The Hall–Kier alpha value is -3.39. The van der Waals surface area contributed by atoms with E-state index in [1.807, 2.05) is 32.0 Å². The number of nitro benzene ring substituents is 1. The first-order valence-electron chi connectivity index (χ1n) is 8.32. The molecule has 3 aromatic rings. The van der Waals surface area contributed by atoms with Gasteiger partial charge >= 0.3 is 0 Å². The smallest absolute Gasteiger partial charge is 0.276 e. The number of benzene rings is 2. The Morgan fingerprint density at radius 2 is 2.04 bits per heavy atom. The maximum atomic E-state index is 12.4. The molecule has 2 aromatic carbocycles. The van der Waals surface area contributed by atoms with Gasteiger partial charge in [-0.25, -0.2) is 4.68 Å². The number of amides is 1. The Morgan fingerprint density at radius 3 is 2.75 bits per heavy atom. The number of non-ortho nitro benzene ring substituents is 1. The monoisotopic (exact) mass is 400 g/mol. The number of aromatic nitrogens is 2. The number of carbonyl (C=O) groups is 1. The summed E-state index contributed by atoms with van der Waals surface area (Å²) >= 11 is 5.99. The van der Waals surface area contributed by atoms with Crippen LogP contribution in [0.3, 0.4) is 0 Å². The molecule has 144 valence electrons. The lowest BCUT2D eigenvalue weighted by molar-refractivity contribution is -0.384. The topological polar surface area (TPSA) is 99.3 Å². The summed E-state index contributed by atoms with van der Waals surface area (Å²) in [5.41, 5.74) is 2.84. The number of halogens is 1. The molecular formula is C19H17ClN4O4. The minimum Gasteiger partial charge on any atom is -0.470 e. The van der Waals surface area contributed by atoms with E-state index in [0.29, 0.717) is 0 Å². The van der Waals surface area contributed by atoms with Crippen molar-refractivity contribution in [1.29, 1.82) is 0 Å². The van der Waals surface area contributed by atoms with Crippen LogP contribution in [-0.2, 0) is 6.73 Å². The van der Waals surface area contributed by atoms with Gasteiger partial charge in [-0.1, -0.05) is 23.7 Å². The van der Waals surface area contributed by atoms with Crippen LogP contribution in [0, 0.1) is 24.0 Å². The number of rotatable bonds is 6. The maximum Gasteiger partial charge on any atom is 0.276 e. The van der Waals surface area contributed by atoms with Gasteiger partial charge in [-0.05, 0) is 43.2 Å². The molecule has 0 atom stereocenters. The summed E-state index contributed by atoms with van der Waals surface area (Å²) in [4.78, 5) is 22.6. The minimum absolute atomic E-state index is 0.00567. The summed E-state index contributed by atoms with van der Waals surface area (Å²) in [6, 6.07) is 11.3. The first-order chi connectivity index (χ1) is 13.3. The average molecular weight is 401 g/mol. The van der Waals surface area contributed by atoms with Gasteiger partial charge in [0.05, 0.1) is 9.95 Å². The molecule has 28 heavy (non-hydrogen) atoms. The summed E-state index contributed by atoms with van der Waals surface area (Å²) in [5.74, 6) is -0.0510. The van der Waals surface area contributed by atoms with Crippen molar-refractivity contribution in [3.05, 3.63) is 80.6 Å². The molecule has 1 N–H and O–H groups in total. The highest BCUT2D eigenvalue weighted by molar-refractivity contribution is 6.32. The van der Waals surface area contributed by atoms with Gasteiger partial charge < -0.3 is 10.1 Å². The molecule has 8 nitrogen and oxygen atoms in total. The zero-order valence-electron chi connectivity index (χ0n) is 15.2. The van der Waals surface area contributed by atoms with Crippen LogP contribution in [0.5, 0.6) is 5.75 Å². The molecular weight excluding hydrogens is 384 g/mol. The molecule has 0 bridgehead atoms. The Kier molecular flexibility index (Phi) is 5.60. The van der Waals surface area contributed by atoms with E-state index in [4.69, 9.17) is 16.3 Å². The number of carbonyl (C=O) groups excluding carboxylic acids is 1. The van der Waals surface area contributed by atoms with E-state index < -0.39 is 4.92 Å². The van der Waals surface area contributed by atoms with E-state index in [9.17, 15) is 14.9 Å². The summed E-state index contributed by atoms with van der Waals surface area (Å²) in [6.07, 6.45) is 1.59. The highest BCUT2D eigenvalue weighted by Gasteiger charge is 2.13. The third kappa shape index (κ3) is 4.47. The normalized spacial score (nSPS) is 10.5. The molecule has 1 amide bonds. The number of aryl methyl sites for hydroxylation is 2. The van der Waals surface area contributed by atoms with Crippen molar-refractivity contribution in [2.45, 2.75) is 20.6 Å². The molecule has 0 aliphatic heterocycles. The second-order valence-electron chi connectivity index (χ2n) is 6.16. The highest BCUT2D eigenvalue weighted by Crippen LogP contribution is 2.28. The molecule has 0 spiro atoms. The van der Waals surface area contributed by atoms with Crippen LogP contribution in [0.4, 0.5) is 11.4 Å². The highest BCUT2D eigenvalue weighted by atomic mass is 35.5. The van der Waals surface area contributed by atoms with Crippen LogP contribution in [0.25, 0.3) is 0 Å². The minimum atomic E-state index is -0.538. The van der Waals surface area contributed by atoms with Gasteiger partial charge in [-0.3, -0.25) is 14.9 Å². The summed E-state index contributed by atoms with van der Waals surface area (Å²) < 4.78 is 6.94. The molecule has 0 saturated carbocycles. The van der Waals surface area contributed by atoms with Crippen molar-refractivity contribution in [1.82, 2.24) is 9.78 Å². The molecule has 0 saturated heterocycles. The van der Waals surface area contributed by atoms with Crippen molar-refractivity contribution < 1.29 is 14.5 Å². The second kappa shape index (κ2) is 8.10. The fourth-order valence-electron chi connectivity index (χ4n) is 2.47. The first-order valence-corrected chi connectivity index (χ1v) is 8.70. The van der Waals surface area contributed by atoms with Crippen molar-refractivity contribution >= 4 is 28.9 Å². The van der Waals surface area contributed by atoms with Crippen molar-refractivity contribution in [3.8, 4) is 5.75 Å². The fourth-order valence-corrected chi connectivity index (χ4v) is 2.70. The van der Waals surface area contributed by atoms with Crippen LogP contribution < -0.4 is 10.1 Å². The predicted octanol–water partition coefficient (Wildman–Crippen LogP) is 4.35. The van der Waals surface area contributed by atoms with Crippen molar-refractivity contribution in [2.75, 3.05) is 5.32 Å². The number of ether oxygens (including phenoxy) is 1. The molecule has 0 aliphatic rings. The van der Waals surface area contributed by atoms with E-state index in [1.165, 1.54) is 22.9 Å². The van der Waals surface area contributed by atoms with Crippen LogP contribution in [0.1, 0.15) is 21.6 Å². The van der Waals surface area contributed by atoms with Crippen LogP contribution in [0.2, 0.25) is 5.02 Å². The largest absolute Gasteiger partial charge is 0.470 e. The standard InChI is InChI=1S/C19H17ClN4O4/c1-12-3-4-13(2)17(9-12)21-19(25)16-7-8-23(22-16)11-28-18-6-5-14(24(26)27)10-15(18)20/h3-10H,11H2,1-2H3,(H,21,25). The van der Waals surface area contributed by atoms with Gasteiger partial charge in [0.1, 0.15) is 5.75 Å². The number of hydrogen-bond donors (Lipinski definition) is 1. The Balaban J connectivity index is 1.65. The quantitative estimate of drug-likeness (QED) is 0.489. The number of nitro groups is 1. The number of hydrogen-bond acceptors (Lipinski definition) is 5. The average Bonchev–Trinajstić information content (AvgIpc) is 3.12. The van der Waals surface area contributed by atoms with Gasteiger partial charge in [0.2, 0.25) is 0 Å². The van der Waals surface area contributed by atoms with E-state index in [1.54, 1.807) is 12.3 Å². The van der Waals surface area contributed by atoms with Crippen LogP contribution in [-0.4, -0.2) is 20.6 Å². The molecule has 9 heteroatoms. The van der Waals surface area contributed by atoms with Crippen molar-refractivity contribution in [3.63, 3.8) is 0 Å². The van der Waals surface area contributed by atoms with Gasteiger partial charge in [-0.2, -0.15) is 5.10 Å². The number of anilines is 1. The van der Waals surface area contributed by atoms with Crippen LogP contribution >= 0.6 is 11.6 Å². The van der Waals surface area contributed by atoms with E-state index in [0.717, 1.165) is 16.8 Å². The van der Waals surface area contributed by atoms with Gasteiger partial charge in [0, 0.05) is 24.0 Å². The first kappa shape index (κ1) is 19.4. The molecule has 1 aromatic heterocycles. The number of nitrogens with zero attached hydrogens (tertiary/aromatic N) is 3. The van der Waals surface area contributed by atoms with E-state index in [2.05, 4.69) is 10.4 Å². The molecule has 0 unspecified atom stereocenters. The zero-order chi connectivity index (χ0) is 20.3. The summed E-state index contributed by atoms with van der Waals surface area (Å²) in [7, 11) is 0. The lowest BCUT2D eigenvalue weighted by atomic mass is 10.1. The van der Waals surface area contributed by atoms with Gasteiger partial charge in [0.15, 0.2) is 12.4 Å². The summed E-state index contributed by atoms with van der Waals surface area (Å²) in [5, 5.41) is 17.9.